The van der Waals surface area contributed by atoms with Crippen LogP contribution in [0.15, 0.2) is 45.8 Å². The first-order chi connectivity index (χ1) is 10.1. The van der Waals surface area contributed by atoms with Crippen LogP contribution in [0.3, 0.4) is 0 Å². The molecule has 1 aromatic carbocycles. The van der Waals surface area contributed by atoms with E-state index in [1.165, 1.54) is 16.5 Å². The predicted octanol–water partition coefficient (Wildman–Crippen LogP) is 4.21. The van der Waals surface area contributed by atoms with Crippen molar-refractivity contribution >= 4 is 39.0 Å². The van der Waals surface area contributed by atoms with Gasteiger partial charge in [0.15, 0.2) is 4.34 Å². The first-order valence-corrected chi connectivity index (χ1v) is 8.22. The Morgan fingerprint density at radius 1 is 1.14 bits per heavy atom. The van der Waals surface area contributed by atoms with Crippen molar-refractivity contribution in [3.05, 3.63) is 36.4 Å². The third-order valence-corrected chi connectivity index (χ3v) is 4.71. The molecule has 21 heavy (non-hydrogen) atoms. The molecular weight excluding hydrogens is 302 g/mol. The molecule has 0 spiro atoms. The Labute approximate surface area is 131 Å². The molecule has 3 rings (SSSR count). The minimum atomic E-state index is 0.0440. The van der Waals surface area contributed by atoms with Crippen molar-refractivity contribution in [1.29, 1.82) is 0 Å². The zero-order valence-corrected chi connectivity index (χ0v) is 13.4. The van der Waals surface area contributed by atoms with Crippen molar-refractivity contribution in [3.63, 3.8) is 0 Å². The number of benzene rings is 1. The third-order valence-electron chi connectivity index (χ3n) is 2.68. The average molecular weight is 317 g/mol. The Kier molecular flexibility index (Phi) is 3.98. The summed E-state index contributed by atoms with van der Waals surface area (Å²) >= 11 is 3.18. The van der Waals surface area contributed by atoms with Crippen molar-refractivity contribution in [2.75, 3.05) is 5.73 Å². The summed E-state index contributed by atoms with van der Waals surface area (Å²) in [5, 5.41) is 0.832. The van der Waals surface area contributed by atoms with E-state index in [9.17, 15) is 0 Å². The monoisotopic (exact) mass is 317 g/mol. The van der Waals surface area contributed by atoms with E-state index < -0.39 is 0 Å². The summed E-state index contributed by atoms with van der Waals surface area (Å²) in [5.41, 5.74) is 7.45. The number of hydrogen-bond acceptors (Lipinski definition) is 6. The highest BCUT2D eigenvalue weighted by Crippen LogP contribution is 2.35. The van der Waals surface area contributed by atoms with Crippen LogP contribution in [0.4, 0.5) is 5.69 Å². The number of nitrogens with zero attached hydrogens (tertiary/aromatic N) is 2. The Hall–Kier alpha value is -1.79. The standard InChI is InChI=1S/C15H15N3OS2/c1-9(2)19-14-10(16)7-8-13(18-14)21-15-17-11-5-3-4-6-12(11)20-15/h3-9H,16H2,1-2H3. The number of nitrogens with two attached hydrogens (primary N) is 1. The van der Waals surface area contributed by atoms with Gasteiger partial charge >= 0.3 is 0 Å². The van der Waals surface area contributed by atoms with Crippen LogP contribution in [0.2, 0.25) is 0 Å². The molecule has 0 unspecified atom stereocenters. The van der Waals surface area contributed by atoms with Gasteiger partial charge in [-0.15, -0.1) is 11.3 Å². The Morgan fingerprint density at radius 3 is 2.71 bits per heavy atom. The predicted molar refractivity (Wildman–Crippen MR) is 88.2 cm³/mol. The van der Waals surface area contributed by atoms with Crippen molar-refractivity contribution in [2.24, 2.45) is 0 Å². The first-order valence-electron chi connectivity index (χ1n) is 6.58. The fraction of sp³-hybridized carbons (Fsp3) is 0.200. The molecule has 0 aliphatic heterocycles. The minimum absolute atomic E-state index is 0.0440. The number of ether oxygens (including phenoxy) is 1. The van der Waals surface area contributed by atoms with Gasteiger partial charge < -0.3 is 10.5 Å². The van der Waals surface area contributed by atoms with Gasteiger partial charge in [0, 0.05) is 0 Å². The molecular formula is C15H15N3OS2. The lowest BCUT2D eigenvalue weighted by atomic mass is 10.3. The molecule has 0 fully saturated rings. The maximum atomic E-state index is 5.88. The molecule has 108 valence electrons. The number of fused-ring (bicyclic) bond motifs is 1. The molecule has 0 saturated heterocycles. The topological polar surface area (TPSA) is 61.0 Å². The van der Waals surface area contributed by atoms with E-state index in [0.29, 0.717) is 11.6 Å². The summed E-state index contributed by atoms with van der Waals surface area (Å²) in [5.74, 6) is 0.483. The van der Waals surface area contributed by atoms with E-state index in [-0.39, 0.29) is 6.10 Å². The first kappa shape index (κ1) is 14.2. The number of rotatable bonds is 4. The summed E-state index contributed by atoms with van der Waals surface area (Å²) in [6.45, 7) is 3.91. The van der Waals surface area contributed by atoms with E-state index in [1.54, 1.807) is 11.3 Å². The number of thiazole rings is 1. The molecule has 0 bridgehead atoms. The molecule has 0 aliphatic rings. The fourth-order valence-electron chi connectivity index (χ4n) is 1.79. The SMILES string of the molecule is CC(C)Oc1nc(Sc2nc3ccccc3s2)ccc1N. The molecule has 0 amide bonds. The van der Waals surface area contributed by atoms with Gasteiger partial charge in [0.25, 0.3) is 0 Å². The molecule has 0 saturated carbocycles. The maximum Gasteiger partial charge on any atom is 0.238 e. The lowest BCUT2D eigenvalue weighted by molar-refractivity contribution is 0.232. The molecule has 2 heterocycles. The van der Waals surface area contributed by atoms with Crippen LogP contribution >= 0.6 is 23.1 Å². The molecule has 0 aliphatic carbocycles. The summed E-state index contributed by atoms with van der Waals surface area (Å²) < 4.78 is 7.75. The second-order valence-electron chi connectivity index (χ2n) is 4.76. The van der Waals surface area contributed by atoms with Gasteiger partial charge in [0.2, 0.25) is 5.88 Å². The van der Waals surface area contributed by atoms with Gasteiger partial charge in [-0.3, -0.25) is 0 Å². The van der Waals surface area contributed by atoms with Crippen LogP contribution in [0, 0.1) is 0 Å². The molecule has 0 radical (unpaired) electrons. The summed E-state index contributed by atoms with van der Waals surface area (Å²) in [7, 11) is 0. The van der Waals surface area contributed by atoms with Gasteiger partial charge in [-0.2, -0.15) is 0 Å². The van der Waals surface area contributed by atoms with Crippen molar-refractivity contribution in [3.8, 4) is 5.88 Å². The second kappa shape index (κ2) is 5.91. The number of anilines is 1. The number of hydrogen-bond donors (Lipinski definition) is 1. The van der Waals surface area contributed by atoms with Gasteiger partial charge in [0.05, 0.1) is 22.0 Å². The van der Waals surface area contributed by atoms with Crippen LogP contribution in [0.1, 0.15) is 13.8 Å². The van der Waals surface area contributed by atoms with E-state index >= 15 is 0 Å². The van der Waals surface area contributed by atoms with Crippen LogP contribution in [-0.2, 0) is 0 Å². The quantitative estimate of drug-likeness (QED) is 0.781. The lowest BCUT2D eigenvalue weighted by Gasteiger charge is -2.11. The van der Waals surface area contributed by atoms with Gasteiger partial charge in [-0.05, 0) is 49.9 Å². The van der Waals surface area contributed by atoms with E-state index in [1.807, 2.05) is 44.2 Å². The zero-order chi connectivity index (χ0) is 14.8. The second-order valence-corrected chi connectivity index (χ2v) is 7.06. The zero-order valence-electron chi connectivity index (χ0n) is 11.7. The molecule has 4 nitrogen and oxygen atoms in total. The summed E-state index contributed by atoms with van der Waals surface area (Å²) in [6.07, 6.45) is 0.0440. The van der Waals surface area contributed by atoms with Gasteiger partial charge in [0.1, 0.15) is 5.03 Å². The smallest absolute Gasteiger partial charge is 0.238 e. The third kappa shape index (κ3) is 3.28. The fourth-order valence-corrected chi connectivity index (χ4v) is 3.77. The molecule has 2 N–H and O–H groups in total. The van der Waals surface area contributed by atoms with Crippen molar-refractivity contribution in [2.45, 2.75) is 29.3 Å². The Morgan fingerprint density at radius 2 is 1.95 bits per heavy atom. The van der Waals surface area contributed by atoms with Gasteiger partial charge in [-0.1, -0.05) is 12.1 Å². The molecule has 6 heteroatoms. The highest BCUT2D eigenvalue weighted by Gasteiger charge is 2.10. The summed E-state index contributed by atoms with van der Waals surface area (Å²) in [6, 6.07) is 11.8. The normalized spacial score (nSPS) is 11.2. The molecule has 0 atom stereocenters. The van der Waals surface area contributed by atoms with Gasteiger partial charge in [-0.25, -0.2) is 9.97 Å². The number of para-hydroxylation sites is 1. The van der Waals surface area contributed by atoms with Crippen molar-refractivity contribution < 1.29 is 4.74 Å². The number of aromatic nitrogens is 2. The van der Waals surface area contributed by atoms with E-state index in [2.05, 4.69) is 16.0 Å². The van der Waals surface area contributed by atoms with Crippen LogP contribution < -0.4 is 10.5 Å². The van der Waals surface area contributed by atoms with Crippen LogP contribution in [-0.4, -0.2) is 16.1 Å². The van der Waals surface area contributed by atoms with E-state index in [0.717, 1.165) is 14.9 Å². The lowest BCUT2D eigenvalue weighted by Crippen LogP contribution is -2.09. The van der Waals surface area contributed by atoms with Crippen LogP contribution in [0.5, 0.6) is 5.88 Å². The molecule has 2 aromatic heterocycles. The molecule has 3 aromatic rings. The summed E-state index contributed by atoms with van der Waals surface area (Å²) in [4.78, 5) is 9.05. The van der Waals surface area contributed by atoms with Crippen LogP contribution in [0.25, 0.3) is 10.2 Å². The Bertz CT molecular complexity index is 737. The van der Waals surface area contributed by atoms with Crippen molar-refractivity contribution in [1.82, 2.24) is 9.97 Å². The highest BCUT2D eigenvalue weighted by molar-refractivity contribution is 8.01. The maximum absolute atomic E-state index is 5.88. The Balaban J connectivity index is 1.87. The average Bonchev–Trinajstić information content (AvgIpc) is 2.84. The number of pyridine rings is 1. The highest BCUT2D eigenvalue weighted by atomic mass is 32.2. The number of nitrogen functional groups attached to an aromatic ring is 1. The van der Waals surface area contributed by atoms with E-state index in [4.69, 9.17) is 10.5 Å². The largest absolute Gasteiger partial charge is 0.473 e. The minimum Gasteiger partial charge on any atom is -0.473 e.